The normalized spacial score (nSPS) is 29.2. The minimum atomic E-state index is -1.46. The van der Waals surface area contributed by atoms with Crippen molar-refractivity contribution in [3.05, 3.63) is 24.3 Å². The van der Waals surface area contributed by atoms with Crippen molar-refractivity contribution < 1.29 is 29.9 Å². The molecule has 0 amide bonds. The highest BCUT2D eigenvalue weighted by Gasteiger charge is 2.43. The summed E-state index contributed by atoms with van der Waals surface area (Å²) in [6.07, 6.45) is -1.58. The van der Waals surface area contributed by atoms with Crippen molar-refractivity contribution in [3.63, 3.8) is 0 Å². The van der Waals surface area contributed by atoms with Crippen LogP contribution in [0.15, 0.2) is 24.3 Å². The van der Waals surface area contributed by atoms with Gasteiger partial charge in [0.1, 0.15) is 36.3 Å². The number of nitrogens with one attached hydrogen (secondary N) is 2. The van der Waals surface area contributed by atoms with Crippen LogP contribution in [0.3, 0.4) is 0 Å². The zero-order chi connectivity index (χ0) is 19.4. The van der Waals surface area contributed by atoms with E-state index >= 15 is 0 Å². The molecule has 0 radical (unpaired) electrons. The van der Waals surface area contributed by atoms with Crippen molar-refractivity contribution in [1.82, 2.24) is 19.9 Å². The SMILES string of the molecule is CC(=CCNc1ncnc2nc[nH]c12)CO[C@H]1O[C@H](CO)[C@@H](O)[C@H](O)[C@H]1O. The second-order valence-corrected chi connectivity index (χ2v) is 6.26. The zero-order valence-corrected chi connectivity index (χ0v) is 14.7. The molecular weight excluding hydrogens is 358 g/mol. The lowest BCUT2D eigenvalue weighted by Crippen LogP contribution is -2.59. The second-order valence-electron chi connectivity index (χ2n) is 6.26. The topological polar surface area (TPSA) is 166 Å². The summed E-state index contributed by atoms with van der Waals surface area (Å²) in [5, 5.41) is 41.8. The van der Waals surface area contributed by atoms with Gasteiger partial charge in [-0.1, -0.05) is 6.08 Å². The number of aliphatic hydroxyl groups is 4. The van der Waals surface area contributed by atoms with Crippen LogP contribution in [0.5, 0.6) is 0 Å². The number of rotatable bonds is 7. The molecule has 0 unspecified atom stereocenters. The summed E-state index contributed by atoms with van der Waals surface area (Å²) in [6.45, 7) is 1.94. The lowest BCUT2D eigenvalue weighted by Gasteiger charge is -2.39. The summed E-state index contributed by atoms with van der Waals surface area (Å²) in [5.41, 5.74) is 2.12. The van der Waals surface area contributed by atoms with E-state index in [2.05, 4.69) is 25.3 Å². The summed E-state index contributed by atoms with van der Waals surface area (Å²) in [6, 6.07) is 0. The Kier molecular flexibility index (Phi) is 6.31. The molecule has 1 aliphatic heterocycles. The van der Waals surface area contributed by atoms with Gasteiger partial charge in [0, 0.05) is 6.54 Å². The van der Waals surface area contributed by atoms with Gasteiger partial charge in [-0.05, 0) is 12.5 Å². The van der Waals surface area contributed by atoms with Crippen LogP contribution in [-0.2, 0) is 9.47 Å². The maximum atomic E-state index is 9.94. The van der Waals surface area contributed by atoms with Crippen molar-refractivity contribution in [2.24, 2.45) is 0 Å². The fraction of sp³-hybridized carbons (Fsp3) is 0.562. The molecule has 11 heteroatoms. The molecule has 0 aromatic carbocycles. The highest BCUT2D eigenvalue weighted by atomic mass is 16.7. The molecular formula is C16H23N5O6. The van der Waals surface area contributed by atoms with E-state index in [0.717, 1.165) is 5.57 Å². The average molecular weight is 381 g/mol. The molecule has 11 nitrogen and oxygen atoms in total. The molecule has 27 heavy (non-hydrogen) atoms. The molecule has 3 rings (SSSR count). The Hall–Kier alpha value is -2.15. The predicted molar refractivity (Wildman–Crippen MR) is 93.6 cm³/mol. The Bertz CT molecular complexity index is 782. The predicted octanol–water partition coefficient (Wildman–Crippen LogP) is -1.47. The number of aromatic amines is 1. The number of ether oxygens (including phenoxy) is 2. The van der Waals surface area contributed by atoms with Gasteiger partial charge in [-0.15, -0.1) is 0 Å². The Balaban J connectivity index is 1.51. The van der Waals surface area contributed by atoms with Crippen LogP contribution in [0.2, 0.25) is 0 Å². The van der Waals surface area contributed by atoms with Crippen LogP contribution in [-0.4, -0.2) is 90.8 Å². The highest BCUT2D eigenvalue weighted by molar-refractivity contribution is 5.81. The first-order chi connectivity index (χ1) is 13.0. The van der Waals surface area contributed by atoms with Gasteiger partial charge in [0.05, 0.1) is 19.5 Å². The standard InChI is InChI=1S/C16H23N5O6/c1-8(2-3-17-14-10-15(19-6-18-10)21-7-20-14)5-26-16-13(25)12(24)11(23)9(4-22)27-16/h2,6-7,9,11-13,16,22-25H,3-5H2,1H3,(H2,17,18,19,20,21)/t9-,11-,12+,13-,16+/m1/s1. The third kappa shape index (κ3) is 4.40. The van der Waals surface area contributed by atoms with E-state index in [1.807, 2.05) is 13.0 Å². The van der Waals surface area contributed by atoms with Crippen molar-refractivity contribution >= 4 is 17.0 Å². The third-order valence-corrected chi connectivity index (χ3v) is 4.27. The van der Waals surface area contributed by atoms with Crippen LogP contribution in [0.1, 0.15) is 6.92 Å². The smallest absolute Gasteiger partial charge is 0.187 e. The number of anilines is 1. The van der Waals surface area contributed by atoms with E-state index in [1.54, 1.807) is 6.33 Å². The lowest BCUT2D eigenvalue weighted by atomic mass is 9.99. The molecule has 0 saturated carbocycles. The third-order valence-electron chi connectivity index (χ3n) is 4.27. The summed E-state index contributed by atoms with van der Waals surface area (Å²) in [5.74, 6) is 0.622. The molecule has 6 N–H and O–H groups in total. The van der Waals surface area contributed by atoms with E-state index in [1.165, 1.54) is 6.33 Å². The van der Waals surface area contributed by atoms with Gasteiger partial charge in [0.2, 0.25) is 0 Å². The molecule has 0 bridgehead atoms. The first kappa shape index (κ1) is 19.6. The summed E-state index contributed by atoms with van der Waals surface area (Å²) in [7, 11) is 0. The number of aliphatic hydroxyl groups excluding tert-OH is 4. The quantitative estimate of drug-likeness (QED) is 0.312. The molecule has 2 aromatic rings. The molecule has 148 valence electrons. The van der Waals surface area contributed by atoms with Crippen LogP contribution >= 0.6 is 0 Å². The largest absolute Gasteiger partial charge is 0.394 e. The van der Waals surface area contributed by atoms with E-state index in [4.69, 9.17) is 9.47 Å². The van der Waals surface area contributed by atoms with Crippen LogP contribution in [0.4, 0.5) is 5.82 Å². The Morgan fingerprint density at radius 1 is 1.26 bits per heavy atom. The second kappa shape index (κ2) is 8.69. The maximum absolute atomic E-state index is 9.94. The Morgan fingerprint density at radius 2 is 2.07 bits per heavy atom. The minimum Gasteiger partial charge on any atom is -0.394 e. The first-order valence-corrected chi connectivity index (χ1v) is 8.47. The van der Waals surface area contributed by atoms with Gasteiger partial charge in [-0.2, -0.15) is 0 Å². The first-order valence-electron chi connectivity index (χ1n) is 8.47. The summed E-state index contributed by atoms with van der Waals surface area (Å²) >= 11 is 0. The Morgan fingerprint density at radius 3 is 2.85 bits per heavy atom. The number of hydrogen-bond donors (Lipinski definition) is 6. The maximum Gasteiger partial charge on any atom is 0.187 e. The van der Waals surface area contributed by atoms with E-state index in [9.17, 15) is 20.4 Å². The van der Waals surface area contributed by atoms with E-state index in [-0.39, 0.29) is 6.61 Å². The van der Waals surface area contributed by atoms with Crippen molar-refractivity contribution in [1.29, 1.82) is 0 Å². The number of fused-ring (bicyclic) bond motifs is 1. The zero-order valence-electron chi connectivity index (χ0n) is 14.7. The van der Waals surface area contributed by atoms with E-state index in [0.29, 0.717) is 23.5 Å². The summed E-state index contributed by atoms with van der Waals surface area (Å²) in [4.78, 5) is 15.2. The van der Waals surface area contributed by atoms with Crippen molar-refractivity contribution in [2.45, 2.75) is 37.6 Å². The van der Waals surface area contributed by atoms with Gasteiger partial charge in [-0.3, -0.25) is 0 Å². The number of hydrogen-bond acceptors (Lipinski definition) is 10. The fourth-order valence-electron chi connectivity index (χ4n) is 2.70. The van der Waals surface area contributed by atoms with Crippen LogP contribution in [0, 0.1) is 0 Å². The van der Waals surface area contributed by atoms with Crippen LogP contribution < -0.4 is 5.32 Å². The van der Waals surface area contributed by atoms with Gasteiger partial charge < -0.3 is 40.2 Å². The Labute approximate surface area is 154 Å². The molecule has 1 fully saturated rings. The molecule has 0 aliphatic carbocycles. The van der Waals surface area contributed by atoms with Crippen molar-refractivity contribution in [3.8, 4) is 0 Å². The van der Waals surface area contributed by atoms with Crippen LogP contribution in [0.25, 0.3) is 11.2 Å². The number of imidazole rings is 1. The average Bonchev–Trinajstić information content (AvgIpc) is 3.15. The van der Waals surface area contributed by atoms with Crippen molar-refractivity contribution in [2.75, 3.05) is 25.1 Å². The molecule has 0 spiro atoms. The molecule has 1 saturated heterocycles. The van der Waals surface area contributed by atoms with Gasteiger partial charge >= 0.3 is 0 Å². The lowest BCUT2D eigenvalue weighted by molar-refractivity contribution is -0.299. The minimum absolute atomic E-state index is 0.133. The number of aromatic nitrogens is 4. The molecule has 2 aromatic heterocycles. The van der Waals surface area contributed by atoms with Gasteiger partial charge in [0.25, 0.3) is 0 Å². The number of H-pyrrole nitrogens is 1. The number of nitrogens with zero attached hydrogens (tertiary/aromatic N) is 3. The molecule has 1 aliphatic rings. The monoisotopic (exact) mass is 381 g/mol. The summed E-state index contributed by atoms with van der Waals surface area (Å²) < 4.78 is 10.8. The molecule has 3 heterocycles. The van der Waals surface area contributed by atoms with E-state index < -0.39 is 37.3 Å². The van der Waals surface area contributed by atoms with Gasteiger partial charge in [0.15, 0.2) is 17.8 Å². The molecule has 5 atom stereocenters. The fourth-order valence-corrected chi connectivity index (χ4v) is 2.70. The highest BCUT2D eigenvalue weighted by Crippen LogP contribution is 2.22. The van der Waals surface area contributed by atoms with Gasteiger partial charge in [-0.25, -0.2) is 15.0 Å².